The van der Waals surface area contributed by atoms with E-state index in [4.69, 9.17) is 0 Å². The molecule has 1 saturated heterocycles. The van der Waals surface area contributed by atoms with Gasteiger partial charge in [-0.05, 0) is 36.1 Å². The highest BCUT2D eigenvalue weighted by atomic mass is 19.4. The molecule has 1 atom stereocenters. The van der Waals surface area contributed by atoms with E-state index in [0.29, 0.717) is 38.0 Å². The molecule has 0 saturated carbocycles. The van der Waals surface area contributed by atoms with Gasteiger partial charge in [0, 0.05) is 19.6 Å². The summed E-state index contributed by atoms with van der Waals surface area (Å²) in [7, 11) is 0. The maximum atomic E-state index is 12.7. The second-order valence-electron chi connectivity index (χ2n) is 6.83. The van der Waals surface area contributed by atoms with E-state index >= 15 is 0 Å². The second-order valence-corrected chi connectivity index (χ2v) is 6.83. The minimum atomic E-state index is -4.38. The number of rotatable bonds is 4. The lowest BCUT2D eigenvalue weighted by molar-refractivity contribution is -0.137. The van der Waals surface area contributed by atoms with Gasteiger partial charge in [0.1, 0.15) is 0 Å². The van der Waals surface area contributed by atoms with E-state index in [2.05, 4.69) is 4.90 Å². The molecule has 3 rings (SSSR count). The third-order valence-electron chi connectivity index (χ3n) is 5.05. The Morgan fingerprint density at radius 3 is 2.08 bits per heavy atom. The first kappa shape index (κ1) is 18.9. The Bertz CT molecular complexity index is 708. The van der Waals surface area contributed by atoms with Crippen molar-refractivity contribution in [1.82, 2.24) is 4.90 Å². The first-order valence-electron chi connectivity index (χ1n) is 8.63. The Morgan fingerprint density at radius 2 is 1.54 bits per heavy atom. The summed E-state index contributed by atoms with van der Waals surface area (Å²) in [5.74, 6) is 0. The molecule has 6 heteroatoms. The number of hydrogen-bond acceptors (Lipinski definition) is 3. The lowest BCUT2D eigenvalue weighted by Gasteiger charge is -2.39. The molecule has 140 valence electrons. The molecule has 1 aliphatic rings. The lowest BCUT2D eigenvalue weighted by atomic mass is 9.84. The van der Waals surface area contributed by atoms with Gasteiger partial charge < -0.3 is 15.1 Å². The molecule has 2 N–H and O–H groups in total. The Hall–Kier alpha value is -1.89. The number of β-amino-alcohol motifs (C(OH)–C–C–N with tert-alkyl or cyclic N) is 1. The van der Waals surface area contributed by atoms with E-state index in [0.717, 1.165) is 17.7 Å². The predicted octanol–water partition coefficient (Wildman–Crippen LogP) is 3.72. The average Bonchev–Trinajstić information content (AvgIpc) is 2.64. The summed E-state index contributed by atoms with van der Waals surface area (Å²) in [5.41, 5.74) is -0.490. The van der Waals surface area contributed by atoms with Crippen LogP contribution in [0.1, 0.15) is 35.6 Å². The van der Waals surface area contributed by atoms with Crippen LogP contribution >= 0.6 is 0 Å². The van der Waals surface area contributed by atoms with Crippen molar-refractivity contribution >= 4 is 0 Å². The van der Waals surface area contributed by atoms with Crippen LogP contribution in [0.15, 0.2) is 54.6 Å². The minimum absolute atomic E-state index is 0.417. The molecule has 26 heavy (non-hydrogen) atoms. The van der Waals surface area contributed by atoms with Crippen LogP contribution in [0.4, 0.5) is 13.2 Å². The van der Waals surface area contributed by atoms with E-state index < -0.39 is 23.4 Å². The van der Waals surface area contributed by atoms with Crippen LogP contribution in [0.5, 0.6) is 0 Å². The van der Waals surface area contributed by atoms with Crippen LogP contribution in [0.25, 0.3) is 0 Å². The van der Waals surface area contributed by atoms with Crippen LogP contribution in [-0.4, -0.2) is 34.7 Å². The number of piperidine rings is 1. The van der Waals surface area contributed by atoms with Crippen molar-refractivity contribution in [3.8, 4) is 0 Å². The number of halogens is 3. The van der Waals surface area contributed by atoms with E-state index in [1.807, 2.05) is 30.3 Å². The van der Waals surface area contributed by atoms with E-state index in [1.165, 1.54) is 12.1 Å². The summed E-state index contributed by atoms with van der Waals surface area (Å²) in [6.07, 6.45) is -4.15. The number of hydrogen-bond donors (Lipinski definition) is 2. The van der Waals surface area contributed by atoms with Gasteiger partial charge in [0.05, 0.1) is 17.3 Å². The lowest BCUT2D eigenvalue weighted by Crippen LogP contribution is -2.44. The van der Waals surface area contributed by atoms with Crippen molar-refractivity contribution in [2.45, 2.75) is 30.7 Å². The molecule has 1 heterocycles. The molecule has 2 aromatic rings. The third kappa shape index (κ3) is 4.26. The molecule has 0 aliphatic carbocycles. The van der Waals surface area contributed by atoms with Crippen molar-refractivity contribution in [3.63, 3.8) is 0 Å². The Kier molecular flexibility index (Phi) is 5.37. The maximum Gasteiger partial charge on any atom is 0.416 e. The molecule has 1 aliphatic heterocycles. The summed E-state index contributed by atoms with van der Waals surface area (Å²) in [6, 6.07) is 14.1. The van der Waals surface area contributed by atoms with Gasteiger partial charge in [-0.3, -0.25) is 0 Å². The zero-order valence-corrected chi connectivity index (χ0v) is 14.3. The number of nitrogens with zero attached hydrogens (tertiary/aromatic N) is 1. The molecule has 3 nitrogen and oxygen atoms in total. The van der Waals surface area contributed by atoms with Gasteiger partial charge in [-0.25, -0.2) is 0 Å². The number of alkyl halides is 3. The maximum absolute atomic E-state index is 12.7. The van der Waals surface area contributed by atoms with Crippen LogP contribution in [-0.2, 0) is 11.8 Å². The highest BCUT2D eigenvalue weighted by Gasteiger charge is 2.36. The molecular formula is C20H22F3NO2. The fraction of sp³-hybridized carbons (Fsp3) is 0.400. The van der Waals surface area contributed by atoms with E-state index in [-0.39, 0.29) is 0 Å². The van der Waals surface area contributed by atoms with Crippen molar-refractivity contribution < 1.29 is 23.4 Å². The quantitative estimate of drug-likeness (QED) is 0.868. The number of aliphatic hydroxyl groups is 2. The highest BCUT2D eigenvalue weighted by molar-refractivity contribution is 5.29. The van der Waals surface area contributed by atoms with Gasteiger partial charge in [0.2, 0.25) is 0 Å². The molecular weight excluding hydrogens is 343 g/mol. The predicted molar refractivity (Wildman–Crippen MR) is 92.4 cm³/mol. The highest BCUT2D eigenvalue weighted by Crippen LogP contribution is 2.35. The van der Waals surface area contributed by atoms with Gasteiger partial charge in [0.25, 0.3) is 0 Å². The van der Waals surface area contributed by atoms with Crippen molar-refractivity contribution in [1.29, 1.82) is 0 Å². The molecule has 0 spiro atoms. The van der Waals surface area contributed by atoms with Crippen LogP contribution in [0.2, 0.25) is 0 Å². The summed E-state index contributed by atoms with van der Waals surface area (Å²) in [4.78, 5) is 2.07. The standard InChI is InChI=1S/C20H22F3NO2/c21-20(22,23)17-8-6-16(7-9-17)19(26)10-12-24(13-11-19)14-18(25)15-4-2-1-3-5-15/h1-9,18,25-26H,10-14H2. The van der Waals surface area contributed by atoms with Crippen LogP contribution in [0.3, 0.4) is 0 Å². The fourth-order valence-corrected chi connectivity index (χ4v) is 3.39. The number of likely N-dealkylation sites (tertiary alicyclic amines) is 1. The minimum Gasteiger partial charge on any atom is -0.387 e. The molecule has 0 amide bonds. The summed E-state index contributed by atoms with van der Waals surface area (Å²) < 4.78 is 38.0. The molecule has 0 aromatic heterocycles. The Morgan fingerprint density at radius 1 is 0.962 bits per heavy atom. The number of aliphatic hydroxyl groups excluding tert-OH is 1. The van der Waals surface area contributed by atoms with E-state index in [1.54, 1.807) is 0 Å². The van der Waals surface area contributed by atoms with Gasteiger partial charge >= 0.3 is 6.18 Å². The first-order chi connectivity index (χ1) is 12.3. The topological polar surface area (TPSA) is 43.7 Å². The normalized spacial score (nSPS) is 19.3. The molecule has 1 unspecified atom stereocenters. The van der Waals surface area contributed by atoms with Crippen molar-refractivity contribution in [2.75, 3.05) is 19.6 Å². The Labute approximate surface area is 150 Å². The molecule has 1 fully saturated rings. The largest absolute Gasteiger partial charge is 0.416 e. The van der Waals surface area contributed by atoms with Crippen LogP contribution in [0, 0.1) is 0 Å². The SMILES string of the molecule is OC(CN1CCC(O)(c2ccc(C(F)(F)F)cc2)CC1)c1ccccc1. The molecule has 2 aromatic carbocycles. The van der Waals surface area contributed by atoms with Crippen molar-refractivity contribution in [3.05, 3.63) is 71.3 Å². The smallest absolute Gasteiger partial charge is 0.387 e. The van der Waals surface area contributed by atoms with Crippen LogP contribution < -0.4 is 0 Å². The number of benzene rings is 2. The van der Waals surface area contributed by atoms with Gasteiger partial charge in [-0.2, -0.15) is 13.2 Å². The molecule has 0 radical (unpaired) electrons. The third-order valence-corrected chi connectivity index (χ3v) is 5.05. The molecule has 0 bridgehead atoms. The van der Waals surface area contributed by atoms with E-state index in [9.17, 15) is 23.4 Å². The second kappa shape index (κ2) is 7.39. The monoisotopic (exact) mass is 365 g/mol. The zero-order valence-electron chi connectivity index (χ0n) is 14.3. The van der Waals surface area contributed by atoms with Crippen molar-refractivity contribution in [2.24, 2.45) is 0 Å². The summed E-state index contributed by atoms with van der Waals surface area (Å²) in [6.45, 7) is 1.61. The van der Waals surface area contributed by atoms with Gasteiger partial charge in [-0.15, -0.1) is 0 Å². The zero-order chi connectivity index (χ0) is 18.8. The average molecular weight is 365 g/mol. The first-order valence-corrected chi connectivity index (χ1v) is 8.63. The van der Waals surface area contributed by atoms with Gasteiger partial charge in [0.15, 0.2) is 0 Å². The Balaban J connectivity index is 1.60. The van der Waals surface area contributed by atoms with Gasteiger partial charge in [-0.1, -0.05) is 42.5 Å². The summed E-state index contributed by atoms with van der Waals surface area (Å²) >= 11 is 0. The summed E-state index contributed by atoms with van der Waals surface area (Å²) in [5, 5.41) is 21.2. The fourth-order valence-electron chi connectivity index (χ4n) is 3.39.